The zero-order chi connectivity index (χ0) is 13.1. The quantitative estimate of drug-likeness (QED) is 0.537. The Hall–Kier alpha value is -2.38. The molecule has 0 aliphatic carbocycles. The normalized spacial score (nSPS) is 16.0. The number of aromatic amines is 2. The standard InChI is InChI=1S/C10H12N4O4/c15-7-4-6(12-10(18)13-7)9(17)14-3-1-2-11-8(16)5-14/h4H,1-3,5H2,(H,11,16)(H2,12,13,15,18). The van der Waals surface area contributed by atoms with Gasteiger partial charge in [-0.25, -0.2) is 4.79 Å². The van der Waals surface area contributed by atoms with Crippen molar-refractivity contribution < 1.29 is 9.59 Å². The highest BCUT2D eigenvalue weighted by Gasteiger charge is 2.21. The van der Waals surface area contributed by atoms with Crippen molar-refractivity contribution in [3.05, 3.63) is 32.6 Å². The molecule has 1 aliphatic heterocycles. The first-order valence-corrected chi connectivity index (χ1v) is 5.46. The fourth-order valence-electron chi connectivity index (χ4n) is 1.73. The second-order valence-electron chi connectivity index (χ2n) is 3.93. The van der Waals surface area contributed by atoms with Crippen LogP contribution in [0.25, 0.3) is 0 Å². The molecule has 1 saturated heterocycles. The average Bonchev–Trinajstić information content (AvgIpc) is 2.51. The Labute approximate surface area is 101 Å². The zero-order valence-electron chi connectivity index (χ0n) is 9.49. The van der Waals surface area contributed by atoms with Crippen LogP contribution in [-0.2, 0) is 4.79 Å². The second-order valence-corrected chi connectivity index (χ2v) is 3.93. The van der Waals surface area contributed by atoms with Crippen molar-refractivity contribution in [1.29, 1.82) is 0 Å². The summed E-state index contributed by atoms with van der Waals surface area (Å²) in [6, 6.07) is 1.01. The first-order chi connectivity index (χ1) is 8.56. The van der Waals surface area contributed by atoms with Gasteiger partial charge in [-0.15, -0.1) is 0 Å². The lowest BCUT2D eigenvalue weighted by molar-refractivity contribution is -0.121. The summed E-state index contributed by atoms with van der Waals surface area (Å²) >= 11 is 0. The van der Waals surface area contributed by atoms with Gasteiger partial charge in [-0.3, -0.25) is 19.4 Å². The summed E-state index contributed by atoms with van der Waals surface area (Å²) in [5.41, 5.74) is -1.51. The molecule has 2 amide bonds. The van der Waals surface area contributed by atoms with E-state index in [-0.39, 0.29) is 18.1 Å². The van der Waals surface area contributed by atoms with Crippen LogP contribution in [0.2, 0.25) is 0 Å². The van der Waals surface area contributed by atoms with Crippen LogP contribution >= 0.6 is 0 Å². The van der Waals surface area contributed by atoms with Gasteiger partial charge in [-0.05, 0) is 6.42 Å². The molecule has 96 valence electrons. The van der Waals surface area contributed by atoms with Crippen LogP contribution < -0.4 is 16.6 Å². The number of H-pyrrole nitrogens is 2. The number of hydrogen-bond donors (Lipinski definition) is 3. The minimum absolute atomic E-state index is 0.0757. The summed E-state index contributed by atoms with van der Waals surface area (Å²) in [6.07, 6.45) is 0.630. The molecule has 0 saturated carbocycles. The molecule has 2 rings (SSSR count). The van der Waals surface area contributed by atoms with E-state index in [1.807, 2.05) is 4.98 Å². The van der Waals surface area contributed by atoms with E-state index in [9.17, 15) is 19.2 Å². The summed E-state index contributed by atoms with van der Waals surface area (Å²) in [7, 11) is 0. The maximum absolute atomic E-state index is 12.0. The van der Waals surface area contributed by atoms with Crippen LogP contribution in [0.15, 0.2) is 15.7 Å². The molecule has 1 aromatic rings. The zero-order valence-corrected chi connectivity index (χ0v) is 9.49. The molecule has 0 bridgehead atoms. The Kier molecular flexibility index (Phi) is 3.26. The first-order valence-electron chi connectivity index (χ1n) is 5.46. The molecule has 0 aromatic carbocycles. The third kappa shape index (κ3) is 2.65. The largest absolute Gasteiger partial charge is 0.354 e. The van der Waals surface area contributed by atoms with Gasteiger partial charge in [0.1, 0.15) is 5.69 Å². The predicted molar refractivity (Wildman–Crippen MR) is 61.2 cm³/mol. The van der Waals surface area contributed by atoms with Crippen molar-refractivity contribution in [2.45, 2.75) is 6.42 Å². The van der Waals surface area contributed by atoms with Crippen LogP contribution in [0.5, 0.6) is 0 Å². The van der Waals surface area contributed by atoms with Crippen molar-refractivity contribution >= 4 is 11.8 Å². The van der Waals surface area contributed by atoms with Gasteiger partial charge < -0.3 is 15.2 Å². The average molecular weight is 252 g/mol. The van der Waals surface area contributed by atoms with E-state index in [0.717, 1.165) is 6.07 Å². The Morgan fingerprint density at radius 1 is 1.22 bits per heavy atom. The molecular formula is C10H12N4O4. The van der Waals surface area contributed by atoms with Gasteiger partial charge in [0.15, 0.2) is 0 Å². The SMILES string of the molecule is O=C1CN(C(=O)c2cc(=O)[nH]c(=O)[nH]2)CCCN1. The second kappa shape index (κ2) is 4.86. The van der Waals surface area contributed by atoms with Gasteiger partial charge >= 0.3 is 5.69 Å². The van der Waals surface area contributed by atoms with Crippen LogP contribution in [0.4, 0.5) is 0 Å². The molecule has 3 N–H and O–H groups in total. The highest BCUT2D eigenvalue weighted by molar-refractivity contribution is 5.94. The number of hydrogen-bond acceptors (Lipinski definition) is 4. The summed E-state index contributed by atoms with van der Waals surface area (Å²) in [5.74, 6) is -0.789. The van der Waals surface area contributed by atoms with Crippen LogP contribution in [0, 0.1) is 0 Å². The van der Waals surface area contributed by atoms with E-state index in [4.69, 9.17) is 0 Å². The number of carbonyl (C=O) groups excluding carboxylic acids is 2. The summed E-state index contributed by atoms with van der Waals surface area (Å²) < 4.78 is 0. The lowest BCUT2D eigenvalue weighted by Crippen LogP contribution is -2.39. The molecule has 8 nitrogen and oxygen atoms in total. The molecule has 1 fully saturated rings. The van der Waals surface area contributed by atoms with E-state index in [2.05, 4.69) is 10.3 Å². The topological polar surface area (TPSA) is 115 Å². The number of aromatic nitrogens is 2. The predicted octanol–water partition coefficient (Wildman–Crippen LogP) is -1.97. The van der Waals surface area contributed by atoms with E-state index in [1.54, 1.807) is 0 Å². The molecule has 0 atom stereocenters. The van der Waals surface area contributed by atoms with Crippen molar-refractivity contribution in [2.75, 3.05) is 19.6 Å². The Morgan fingerprint density at radius 2 is 2.00 bits per heavy atom. The maximum Gasteiger partial charge on any atom is 0.326 e. The molecule has 8 heteroatoms. The fourth-order valence-corrected chi connectivity index (χ4v) is 1.73. The van der Waals surface area contributed by atoms with Gasteiger partial charge in [0.05, 0.1) is 6.54 Å². The van der Waals surface area contributed by atoms with Gasteiger partial charge in [0.2, 0.25) is 5.91 Å². The number of nitrogens with zero attached hydrogens (tertiary/aromatic N) is 1. The number of carbonyl (C=O) groups is 2. The van der Waals surface area contributed by atoms with Gasteiger partial charge in [-0.2, -0.15) is 0 Å². The molecule has 0 unspecified atom stereocenters. The van der Waals surface area contributed by atoms with E-state index >= 15 is 0 Å². The number of amides is 2. The number of nitrogens with one attached hydrogen (secondary N) is 3. The van der Waals surface area contributed by atoms with Crippen molar-refractivity contribution in [3.8, 4) is 0 Å². The first kappa shape index (κ1) is 12.1. The molecule has 1 aliphatic rings. The Balaban J connectivity index is 2.27. The van der Waals surface area contributed by atoms with Crippen molar-refractivity contribution in [3.63, 3.8) is 0 Å². The van der Waals surface area contributed by atoms with Crippen LogP contribution in [0.3, 0.4) is 0 Å². The minimum Gasteiger partial charge on any atom is -0.354 e. The van der Waals surface area contributed by atoms with Crippen molar-refractivity contribution in [1.82, 2.24) is 20.2 Å². The summed E-state index contributed by atoms with van der Waals surface area (Å²) in [4.78, 5) is 51.0. The monoisotopic (exact) mass is 252 g/mol. The lowest BCUT2D eigenvalue weighted by Gasteiger charge is -2.18. The summed E-state index contributed by atoms with van der Waals surface area (Å²) in [6.45, 7) is 0.828. The molecule has 0 radical (unpaired) electrons. The molecule has 0 spiro atoms. The minimum atomic E-state index is -0.745. The molecule has 2 heterocycles. The smallest absolute Gasteiger partial charge is 0.326 e. The van der Waals surface area contributed by atoms with Gasteiger partial charge in [0, 0.05) is 19.2 Å². The van der Waals surface area contributed by atoms with E-state index in [1.165, 1.54) is 4.90 Å². The maximum atomic E-state index is 12.0. The Morgan fingerprint density at radius 3 is 2.72 bits per heavy atom. The molecule has 1 aromatic heterocycles. The van der Waals surface area contributed by atoms with Crippen molar-refractivity contribution in [2.24, 2.45) is 0 Å². The van der Waals surface area contributed by atoms with Gasteiger partial charge in [-0.1, -0.05) is 0 Å². The van der Waals surface area contributed by atoms with E-state index in [0.29, 0.717) is 19.5 Å². The Bertz CT molecular complexity index is 560. The lowest BCUT2D eigenvalue weighted by atomic mass is 10.3. The van der Waals surface area contributed by atoms with E-state index < -0.39 is 17.2 Å². The molecular weight excluding hydrogens is 240 g/mol. The van der Waals surface area contributed by atoms with Crippen LogP contribution in [-0.4, -0.2) is 46.3 Å². The highest BCUT2D eigenvalue weighted by Crippen LogP contribution is 2.02. The highest BCUT2D eigenvalue weighted by atomic mass is 16.2. The van der Waals surface area contributed by atoms with Crippen LogP contribution in [0.1, 0.15) is 16.9 Å². The van der Waals surface area contributed by atoms with Gasteiger partial charge in [0.25, 0.3) is 11.5 Å². The fraction of sp³-hybridized carbons (Fsp3) is 0.400. The third-order valence-corrected chi connectivity index (χ3v) is 2.54. The number of rotatable bonds is 1. The summed E-state index contributed by atoms with van der Waals surface area (Å²) in [5, 5.41) is 2.63. The third-order valence-electron chi connectivity index (χ3n) is 2.54. The molecule has 18 heavy (non-hydrogen) atoms.